The molecule has 0 spiro atoms. The highest BCUT2D eigenvalue weighted by Gasteiger charge is 2.33. The number of imide groups is 1. The van der Waals surface area contributed by atoms with Gasteiger partial charge in [0.25, 0.3) is 11.8 Å². The summed E-state index contributed by atoms with van der Waals surface area (Å²) in [5.41, 5.74) is 4.43. The van der Waals surface area contributed by atoms with E-state index in [1.165, 1.54) is 0 Å². The zero-order valence-corrected chi connectivity index (χ0v) is 15.3. The first-order chi connectivity index (χ1) is 13.5. The Morgan fingerprint density at radius 2 is 1.79 bits per heavy atom. The van der Waals surface area contributed by atoms with Gasteiger partial charge < -0.3 is 4.84 Å². The van der Waals surface area contributed by atoms with Crippen LogP contribution in [0.5, 0.6) is 0 Å². The molecule has 0 radical (unpaired) electrons. The summed E-state index contributed by atoms with van der Waals surface area (Å²) in [6.45, 7) is 2.00. The maximum Gasteiger partial charge on any atom is 0.337 e. The summed E-state index contributed by atoms with van der Waals surface area (Å²) in [5.74, 6) is -1.66. The molecule has 1 fully saturated rings. The highest BCUT2D eigenvalue weighted by Crippen LogP contribution is 2.32. The minimum atomic E-state index is -0.672. The topological polar surface area (TPSA) is 76.6 Å². The predicted molar refractivity (Wildman–Crippen MR) is 103 cm³/mol. The standard InChI is InChI=1S/C22H18N2O4/c1-14-7-8-18-17(11-14)22(15-5-3-2-4-6-15)16(13-23-18)12-21(27)28-24-19(25)9-10-20(24)26/h2-8,11,13H,9-10,12H2,1H3. The Labute approximate surface area is 161 Å². The van der Waals surface area contributed by atoms with Crippen molar-refractivity contribution in [2.45, 2.75) is 26.2 Å². The SMILES string of the molecule is Cc1ccc2ncc(CC(=O)ON3C(=O)CCC3=O)c(-c3ccccc3)c2c1. The van der Waals surface area contributed by atoms with E-state index in [4.69, 9.17) is 4.84 Å². The van der Waals surface area contributed by atoms with Crippen LogP contribution in [-0.4, -0.2) is 27.8 Å². The summed E-state index contributed by atoms with van der Waals surface area (Å²) in [4.78, 5) is 45.3. The third kappa shape index (κ3) is 3.36. The van der Waals surface area contributed by atoms with E-state index < -0.39 is 17.8 Å². The maximum atomic E-state index is 12.4. The number of rotatable bonds is 4. The monoisotopic (exact) mass is 374 g/mol. The minimum absolute atomic E-state index is 0.0676. The van der Waals surface area contributed by atoms with Gasteiger partial charge in [-0.15, -0.1) is 5.06 Å². The van der Waals surface area contributed by atoms with Crippen LogP contribution < -0.4 is 0 Å². The molecule has 0 N–H and O–H groups in total. The first-order valence-electron chi connectivity index (χ1n) is 9.03. The molecule has 0 saturated carbocycles. The molecule has 6 nitrogen and oxygen atoms in total. The van der Waals surface area contributed by atoms with E-state index in [1.807, 2.05) is 55.5 Å². The second-order valence-corrected chi connectivity index (χ2v) is 6.77. The normalized spacial score (nSPS) is 14.0. The zero-order chi connectivity index (χ0) is 19.7. The van der Waals surface area contributed by atoms with Gasteiger partial charge in [-0.3, -0.25) is 14.6 Å². The molecule has 1 aromatic heterocycles. The molecule has 0 aliphatic carbocycles. The van der Waals surface area contributed by atoms with E-state index in [0.29, 0.717) is 10.6 Å². The highest BCUT2D eigenvalue weighted by molar-refractivity contribution is 6.02. The van der Waals surface area contributed by atoms with Gasteiger partial charge in [-0.05, 0) is 35.7 Å². The molecule has 28 heavy (non-hydrogen) atoms. The minimum Gasteiger partial charge on any atom is -0.330 e. The maximum absolute atomic E-state index is 12.4. The van der Waals surface area contributed by atoms with E-state index in [0.717, 1.165) is 27.6 Å². The van der Waals surface area contributed by atoms with Gasteiger partial charge in [0.15, 0.2) is 0 Å². The molecule has 0 bridgehead atoms. The molecule has 0 atom stereocenters. The van der Waals surface area contributed by atoms with Crippen LogP contribution in [0.15, 0.2) is 54.7 Å². The van der Waals surface area contributed by atoms with Gasteiger partial charge in [0.1, 0.15) is 0 Å². The molecule has 140 valence electrons. The van der Waals surface area contributed by atoms with Crippen LogP contribution in [0.2, 0.25) is 0 Å². The van der Waals surface area contributed by atoms with Crippen molar-refractivity contribution in [1.29, 1.82) is 0 Å². The summed E-state index contributed by atoms with van der Waals surface area (Å²) < 4.78 is 0. The van der Waals surface area contributed by atoms with Crippen molar-refractivity contribution < 1.29 is 19.2 Å². The number of pyridine rings is 1. The summed E-state index contributed by atoms with van der Waals surface area (Å²) in [7, 11) is 0. The third-order valence-corrected chi connectivity index (χ3v) is 4.70. The number of carbonyl (C=O) groups is 3. The van der Waals surface area contributed by atoms with Crippen LogP contribution in [0.1, 0.15) is 24.0 Å². The largest absolute Gasteiger partial charge is 0.337 e. The lowest BCUT2D eigenvalue weighted by Crippen LogP contribution is -2.32. The van der Waals surface area contributed by atoms with Crippen LogP contribution in [0.25, 0.3) is 22.0 Å². The average molecular weight is 374 g/mol. The van der Waals surface area contributed by atoms with Crippen molar-refractivity contribution in [3.63, 3.8) is 0 Å². The molecule has 2 heterocycles. The van der Waals surface area contributed by atoms with Crippen molar-refractivity contribution in [3.8, 4) is 11.1 Å². The van der Waals surface area contributed by atoms with Crippen LogP contribution in [0, 0.1) is 6.92 Å². The molecular formula is C22H18N2O4. The smallest absolute Gasteiger partial charge is 0.330 e. The number of benzene rings is 2. The van der Waals surface area contributed by atoms with Gasteiger partial charge in [0, 0.05) is 24.4 Å². The van der Waals surface area contributed by atoms with Crippen LogP contribution in [-0.2, 0) is 25.6 Å². The summed E-state index contributed by atoms with van der Waals surface area (Å²) in [6.07, 6.45) is 1.68. The number of carbonyl (C=O) groups excluding carboxylic acids is 3. The summed E-state index contributed by atoms with van der Waals surface area (Å²) in [6, 6.07) is 15.7. The fourth-order valence-corrected chi connectivity index (χ4v) is 3.37. The van der Waals surface area contributed by atoms with Gasteiger partial charge in [-0.1, -0.05) is 42.0 Å². The Morgan fingerprint density at radius 3 is 2.50 bits per heavy atom. The van der Waals surface area contributed by atoms with E-state index in [9.17, 15) is 14.4 Å². The fraction of sp³-hybridized carbons (Fsp3) is 0.182. The quantitative estimate of drug-likeness (QED) is 0.655. The molecule has 1 aliphatic heterocycles. The Bertz CT molecular complexity index is 1080. The van der Waals surface area contributed by atoms with Crippen molar-refractivity contribution in [3.05, 3.63) is 65.9 Å². The molecule has 6 heteroatoms. The molecule has 3 aromatic rings. The fourth-order valence-electron chi connectivity index (χ4n) is 3.37. The van der Waals surface area contributed by atoms with E-state index in [2.05, 4.69) is 4.98 Å². The number of hydrogen-bond acceptors (Lipinski definition) is 5. The van der Waals surface area contributed by atoms with Crippen LogP contribution >= 0.6 is 0 Å². The van der Waals surface area contributed by atoms with Crippen molar-refractivity contribution in [2.75, 3.05) is 0 Å². The number of aromatic nitrogens is 1. The van der Waals surface area contributed by atoms with Gasteiger partial charge in [0.2, 0.25) is 0 Å². The van der Waals surface area contributed by atoms with E-state index >= 15 is 0 Å². The number of amides is 2. The molecule has 1 saturated heterocycles. The summed E-state index contributed by atoms with van der Waals surface area (Å²) >= 11 is 0. The lowest BCUT2D eigenvalue weighted by Gasteiger charge is -2.15. The van der Waals surface area contributed by atoms with E-state index in [1.54, 1.807) is 6.20 Å². The number of hydroxylamine groups is 2. The molecule has 1 aliphatic rings. The Balaban J connectivity index is 1.73. The number of aryl methyl sites for hydroxylation is 1. The van der Waals surface area contributed by atoms with E-state index in [-0.39, 0.29) is 19.3 Å². The Hall–Kier alpha value is -3.54. The molecular weight excluding hydrogens is 356 g/mol. The van der Waals surface area contributed by atoms with Crippen molar-refractivity contribution >= 4 is 28.7 Å². The lowest BCUT2D eigenvalue weighted by atomic mass is 9.94. The number of hydrogen-bond donors (Lipinski definition) is 0. The Morgan fingerprint density at radius 1 is 1.07 bits per heavy atom. The molecule has 4 rings (SSSR count). The molecule has 2 amide bonds. The molecule has 2 aromatic carbocycles. The highest BCUT2D eigenvalue weighted by atomic mass is 16.7. The predicted octanol–water partition coefficient (Wildman–Crippen LogP) is 3.36. The van der Waals surface area contributed by atoms with Crippen molar-refractivity contribution in [1.82, 2.24) is 10.0 Å². The van der Waals surface area contributed by atoms with Gasteiger partial charge in [0.05, 0.1) is 11.9 Å². The number of fused-ring (bicyclic) bond motifs is 1. The third-order valence-electron chi connectivity index (χ3n) is 4.70. The zero-order valence-electron chi connectivity index (χ0n) is 15.3. The van der Waals surface area contributed by atoms with Crippen molar-refractivity contribution in [2.24, 2.45) is 0 Å². The average Bonchev–Trinajstić information content (AvgIpc) is 3.00. The molecule has 0 unspecified atom stereocenters. The van der Waals surface area contributed by atoms with Crippen LogP contribution in [0.4, 0.5) is 0 Å². The van der Waals surface area contributed by atoms with Gasteiger partial charge in [-0.25, -0.2) is 4.79 Å². The second kappa shape index (κ2) is 7.23. The summed E-state index contributed by atoms with van der Waals surface area (Å²) in [5, 5.41) is 1.51. The first kappa shape index (κ1) is 17.9. The Kier molecular flexibility index (Phi) is 4.61. The van der Waals surface area contributed by atoms with Crippen LogP contribution in [0.3, 0.4) is 0 Å². The lowest BCUT2D eigenvalue weighted by molar-refractivity contribution is -0.197. The number of nitrogens with zero attached hydrogens (tertiary/aromatic N) is 2. The first-order valence-corrected chi connectivity index (χ1v) is 9.03. The van der Waals surface area contributed by atoms with Gasteiger partial charge >= 0.3 is 5.97 Å². The second-order valence-electron chi connectivity index (χ2n) is 6.77. The van der Waals surface area contributed by atoms with Gasteiger partial charge in [-0.2, -0.15) is 0 Å².